The number of rotatable bonds is 9. The van der Waals surface area contributed by atoms with Gasteiger partial charge < -0.3 is 14.6 Å². The number of hydrogen-bond donors (Lipinski definition) is 1. The van der Waals surface area contributed by atoms with E-state index in [-0.39, 0.29) is 12.5 Å². The minimum absolute atomic E-state index is 0.0211. The van der Waals surface area contributed by atoms with Gasteiger partial charge in [-0.15, -0.1) is 0 Å². The first-order valence-corrected chi connectivity index (χ1v) is 11.5. The number of imidazole rings is 1. The molecule has 4 rings (SSSR count). The van der Waals surface area contributed by atoms with Crippen LogP contribution in [0.15, 0.2) is 66.7 Å². The lowest BCUT2D eigenvalue weighted by Gasteiger charge is -2.13. The Morgan fingerprint density at radius 2 is 1.85 bits per heavy atom. The van der Waals surface area contributed by atoms with Crippen LogP contribution in [0.2, 0.25) is 5.02 Å². The van der Waals surface area contributed by atoms with Crippen molar-refractivity contribution in [2.75, 3.05) is 13.2 Å². The predicted molar refractivity (Wildman–Crippen MR) is 133 cm³/mol. The van der Waals surface area contributed by atoms with Gasteiger partial charge >= 0.3 is 0 Å². The fraction of sp³-hybridized carbons (Fsp3) is 0.259. The Bertz CT molecular complexity index is 1250. The molecule has 0 saturated heterocycles. The van der Waals surface area contributed by atoms with E-state index in [1.807, 2.05) is 18.2 Å². The van der Waals surface area contributed by atoms with E-state index in [0.717, 1.165) is 36.2 Å². The summed E-state index contributed by atoms with van der Waals surface area (Å²) < 4.78 is 7.79. The van der Waals surface area contributed by atoms with Crippen LogP contribution in [0.4, 0.5) is 0 Å². The summed E-state index contributed by atoms with van der Waals surface area (Å²) in [5.74, 6) is 1.51. The topological polar surface area (TPSA) is 56.2 Å². The molecule has 1 heterocycles. The molecule has 0 atom stereocenters. The molecule has 0 spiro atoms. The normalized spacial score (nSPS) is 11.0. The Morgan fingerprint density at radius 1 is 1.06 bits per heavy atom. The molecule has 1 amide bonds. The van der Waals surface area contributed by atoms with Crippen molar-refractivity contribution in [1.29, 1.82) is 0 Å². The summed E-state index contributed by atoms with van der Waals surface area (Å²) in [7, 11) is 0. The van der Waals surface area contributed by atoms with Crippen molar-refractivity contribution in [3.05, 3.63) is 94.3 Å². The maximum absolute atomic E-state index is 12.1. The fourth-order valence-corrected chi connectivity index (χ4v) is 3.96. The maximum Gasteiger partial charge on any atom is 0.257 e. The van der Waals surface area contributed by atoms with Crippen LogP contribution in [0, 0.1) is 13.8 Å². The summed E-state index contributed by atoms with van der Waals surface area (Å²) in [5.41, 5.74) is 5.96. The summed E-state index contributed by atoms with van der Waals surface area (Å²) in [6.07, 6.45) is 1.57. The maximum atomic E-state index is 12.1. The van der Waals surface area contributed by atoms with Crippen molar-refractivity contribution >= 4 is 28.5 Å². The second kappa shape index (κ2) is 10.5. The average Bonchev–Trinajstić information content (AvgIpc) is 3.16. The van der Waals surface area contributed by atoms with Crippen LogP contribution in [0.3, 0.4) is 0 Å². The minimum atomic E-state index is -0.145. The quantitative estimate of drug-likeness (QED) is 0.336. The van der Waals surface area contributed by atoms with Crippen LogP contribution >= 0.6 is 11.6 Å². The number of benzene rings is 3. The molecule has 0 bridgehead atoms. The van der Waals surface area contributed by atoms with Gasteiger partial charge in [-0.3, -0.25) is 4.79 Å². The van der Waals surface area contributed by atoms with Gasteiger partial charge in [0.05, 0.1) is 11.0 Å². The van der Waals surface area contributed by atoms with E-state index in [1.54, 1.807) is 24.3 Å². The SMILES string of the molecule is Cc1ccc(C)c(Cn2c(CCCNC(=O)COc3ccc(Cl)cc3)nc3ccccc32)c1. The second-order valence-corrected chi connectivity index (χ2v) is 8.67. The van der Waals surface area contributed by atoms with Gasteiger partial charge in [-0.05, 0) is 67.8 Å². The summed E-state index contributed by atoms with van der Waals surface area (Å²) in [6, 6.07) is 21.8. The Labute approximate surface area is 199 Å². The van der Waals surface area contributed by atoms with E-state index in [1.165, 1.54) is 16.7 Å². The highest BCUT2D eigenvalue weighted by Gasteiger charge is 2.12. The lowest BCUT2D eigenvalue weighted by molar-refractivity contribution is -0.123. The number of hydrogen-bond acceptors (Lipinski definition) is 3. The first-order valence-electron chi connectivity index (χ1n) is 11.1. The molecule has 0 fully saturated rings. The number of fused-ring (bicyclic) bond motifs is 1. The molecular weight excluding hydrogens is 434 g/mol. The largest absolute Gasteiger partial charge is 0.484 e. The van der Waals surface area contributed by atoms with Crippen LogP contribution in [0.1, 0.15) is 28.9 Å². The molecule has 0 unspecified atom stereocenters. The molecule has 0 saturated carbocycles. The van der Waals surface area contributed by atoms with Gasteiger partial charge in [-0.2, -0.15) is 0 Å². The first kappa shape index (κ1) is 22.9. The minimum Gasteiger partial charge on any atom is -0.484 e. The second-order valence-electron chi connectivity index (χ2n) is 8.23. The monoisotopic (exact) mass is 461 g/mol. The van der Waals surface area contributed by atoms with E-state index >= 15 is 0 Å². The summed E-state index contributed by atoms with van der Waals surface area (Å²) in [5, 5.41) is 3.56. The lowest BCUT2D eigenvalue weighted by atomic mass is 10.1. The van der Waals surface area contributed by atoms with E-state index in [0.29, 0.717) is 17.3 Å². The molecule has 1 N–H and O–H groups in total. The van der Waals surface area contributed by atoms with Gasteiger partial charge in [0.25, 0.3) is 5.91 Å². The standard InChI is InChI=1S/C27H28ClN3O2/c1-19-9-10-20(2)21(16-19)17-31-25-7-4-3-6-24(25)30-26(31)8-5-15-29-27(32)18-33-23-13-11-22(28)12-14-23/h3-4,6-7,9-14,16H,5,8,15,17-18H2,1-2H3,(H,29,32). The molecule has 0 radical (unpaired) electrons. The number of nitrogens with one attached hydrogen (secondary N) is 1. The van der Waals surface area contributed by atoms with Crippen molar-refractivity contribution in [2.24, 2.45) is 0 Å². The van der Waals surface area contributed by atoms with Crippen LogP contribution in [-0.4, -0.2) is 28.6 Å². The summed E-state index contributed by atoms with van der Waals surface area (Å²) in [6.45, 7) is 5.59. The fourth-order valence-electron chi connectivity index (χ4n) is 3.84. The highest BCUT2D eigenvalue weighted by Crippen LogP contribution is 2.21. The number of ether oxygens (including phenoxy) is 1. The smallest absolute Gasteiger partial charge is 0.257 e. The first-order chi connectivity index (χ1) is 16.0. The van der Waals surface area contributed by atoms with Crippen LogP contribution in [0.5, 0.6) is 5.75 Å². The highest BCUT2D eigenvalue weighted by molar-refractivity contribution is 6.30. The van der Waals surface area contributed by atoms with Crippen molar-refractivity contribution in [3.63, 3.8) is 0 Å². The predicted octanol–water partition coefficient (Wildman–Crippen LogP) is 5.48. The van der Waals surface area contributed by atoms with Crippen molar-refractivity contribution in [1.82, 2.24) is 14.9 Å². The van der Waals surface area contributed by atoms with Crippen LogP contribution in [-0.2, 0) is 17.8 Å². The number of amides is 1. The van der Waals surface area contributed by atoms with Gasteiger partial charge in [-0.25, -0.2) is 4.98 Å². The molecule has 6 heteroatoms. The van der Waals surface area contributed by atoms with Crippen LogP contribution in [0.25, 0.3) is 11.0 Å². The number of aromatic nitrogens is 2. The van der Waals surface area contributed by atoms with Gasteiger partial charge in [0, 0.05) is 24.5 Å². The highest BCUT2D eigenvalue weighted by atomic mass is 35.5. The Morgan fingerprint density at radius 3 is 2.67 bits per heavy atom. The van der Waals surface area contributed by atoms with E-state index in [9.17, 15) is 4.79 Å². The molecule has 170 valence electrons. The van der Waals surface area contributed by atoms with Crippen molar-refractivity contribution in [3.8, 4) is 5.75 Å². The molecule has 0 aliphatic heterocycles. The zero-order valence-electron chi connectivity index (χ0n) is 19.0. The number of carbonyl (C=O) groups is 1. The van der Waals surface area contributed by atoms with Gasteiger partial charge in [0.1, 0.15) is 11.6 Å². The number of halogens is 1. The zero-order chi connectivity index (χ0) is 23.2. The van der Waals surface area contributed by atoms with E-state index < -0.39 is 0 Å². The Hall–Kier alpha value is -3.31. The molecule has 0 aliphatic carbocycles. The molecule has 0 aliphatic rings. The van der Waals surface area contributed by atoms with Crippen molar-refractivity contribution in [2.45, 2.75) is 33.2 Å². The number of para-hydroxylation sites is 2. The summed E-state index contributed by atoms with van der Waals surface area (Å²) >= 11 is 5.86. The summed E-state index contributed by atoms with van der Waals surface area (Å²) in [4.78, 5) is 17.0. The third-order valence-corrected chi connectivity index (χ3v) is 5.90. The Kier molecular flexibility index (Phi) is 7.30. The van der Waals surface area contributed by atoms with E-state index in [4.69, 9.17) is 21.3 Å². The molecule has 1 aromatic heterocycles. The molecule has 33 heavy (non-hydrogen) atoms. The third kappa shape index (κ3) is 5.93. The van der Waals surface area contributed by atoms with Crippen molar-refractivity contribution < 1.29 is 9.53 Å². The average molecular weight is 462 g/mol. The molecular formula is C27H28ClN3O2. The molecule has 3 aromatic carbocycles. The van der Waals surface area contributed by atoms with E-state index in [2.05, 4.69) is 48.0 Å². The third-order valence-electron chi connectivity index (χ3n) is 5.65. The van der Waals surface area contributed by atoms with Crippen LogP contribution < -0.4 is 10.1 Å². The number of aryl methyl sites for hydroxylation is 3. The molecule has 5 nitrogen and oxygen atoms in total. The Balaban J connectivity index is 1.36. The van der Waals surface area contributed by atoms with Gasteiger partial charge in [-0.1, -0.05) is 47.5 Å². The van der Waals surface area contributed by atoms with Gasteiger partial charge in [0.2, 0.25) is 0 Å². The molecule has 4 aromatic rings. The number of nitrogens with zero attached hydrogens (tertiary/aromatic N) is 2. The zero-order valence-corrected chi connectivity index (χ0v) is 19.7. The van der Waals surface area contributed by atoms with Gasteiger partial charge in [0.15, 0.2) is 6.61 Å². The number of carbonyl (C=O) groups excluding carboxylic acids is 1. The lowest BCUT2D eigenvalue weighted by Crippen LogP contribution is -2.30.